The van der Waals surface area contributed by atoms with Gasteiger partial charge in [-0.15, -0.1) is 0 Å². The molecule has 0 unspecified atom stereocenters. The zero-order chi connectivity index (χ0) is 20.3. The maximum Gasteiger partial charge on any atom is 0.269 e. The fourth-order valence-electron chi connectivity index (χ4n) is 4.47. The average molecular weight is 388 g/mol. The Labute approximate surface area is 173 Å². The Bertz CT molecular complexity index is 967. The predicted octanol–water partition coefficient (Wildman–Crippen LogP) is 5.03. The van der Waals surface area contributed by atoms with Crippen LogP contribution in [0.1, 0.15) is 53.7 Å². The summed E-state index contributed by atoms with van der Waals surface area (Å²) in [4.78, 5) is 13.0. The Morgan fingerprint density at radius 1 is 1.03 bits per heavy atom. The second-order valence-electron chi connectivity index (χ2n) is 8.29. The molecule has 1 amide bonds. The van der Waals surface area contributed by atoms with E-state index < -0.39 is 0 Å². The number of aryl methyl sites for hydroxylation is 2. The van der Waals surface area contributed by atoms with Crippen LogP contribution < -0.4 is 5.32 Å². The topological polar surface area (TPSA) is 46.9 Å². The van der Waals surface area contributed by atoms with Crippen LogP contribution in [-0.2, 0) is 12.5 Å². The SMILES string of the molecule is Cc1ccc(C2(CNC(=O)c3cc(-c4ccccc4)nn3C)CCCCC2)cc1. The number of carbonyl (C=O) groups is 1. The molecule has 1 N–H and O–H groups in total. The van der Waals surface area contributed by atoms with E-state index in [-0.39, 0.29) is 11.3 Å². The van der Waals surface area contributed by atoms with E-state index in [1.165, 1.54) is 30.4 Å². The van der Waals surface area contributed by atoms with Gasteiger partial charge in [-0.2, -0.15) is 5.10 Å². The Morgan fingerprint density at radius 3 is 2.41 bits per heavy atom. The van der Waals surface area contributed by atoms with Crippen molar-refractivity contribution in [1.82, 2.24) is 15.1 Å². The maximum atomic E-state index is 13.0. The van der Waals surface area contributed by atoms with E-state index in [2.05, 4.69) is 41.6 Å². The van der Waals surface area contributed by atoms with Gasteiger partial charge in [0.1, 0.15) is 5.69 Å². The molecular weight excluding hydrogens is 358 g/mol. The normalized spacial score (nSPS) is 15.8. The molecular formula is C25H29N3O. The van der Waals surface area contributed by atoms with Crippen molar-refractivity contribution in [3.05, 3.63) is 77.5 Å². The van der Waals surface area contributed by atoms with Gasteiger partial charge in [0.05, 0.1) is 5.69 Å². The van der Waals surface area contributed by atoms with Crippen molar-refractivity contribution in [2.24, 2.45) is 7.05 Å². The third-order valence-electron chi connectivity index (χ3n) is 6.24. The molecule has 0 atom stereocenters. The number of carbonyl (C=O) groups excluding carboxylic acids is 1. The lowest BCUT2D eigenvalue weighted by Crippen LogP contribution is -2.42. The highest BCUT2D eigenvalue weighted by Crippen LogP contribution is 2.39. The molecule has 0 radical (unpaired) electrons. The van der Waals surface area contributed by atoms with Crippen LogP contribution in [-0.4, -0.2) is 22.2 Å². The van der Waals surface area contributed by atoms with Crippen molar-refractivity contribution < 1.29 is 4.79 Å². The van der Waals surface area contributed by atoms with Crippen LogP contribution >= 0.6 is 0 Å². The Kier molecular flexibility index (Phi) is 5.52. The van der Waals surface area contributed by atoms with Gasteiger partial charge in [0, 0.05) is 24.6 Å². The van der Waals surface area contributed by atoms with Crippen LogP contribution in [0.3, 0.4) is 0 Å². The molecule has 3 aromatic rings. The molecule has 4 rings (SSSR count). The van der Waals surface area contributed by atoms with Crippen molar-refractivity contribution in [2.45, 2.75) is 44.4 Å². The van der Waals surface area contributed by atoms with Gasteiger partial charge >= 0.3 is 0 Å². The Hall–Kier alpha value is -2.88. The number of nitrogens with one attached hydrogen (secondary N) is 1. The van der Waals surface area contributed by atoms with E-state index >= 15 is 0 Å². The monoisotopic (exact) mass is 387 g/mol. The first-order valence-electron chi connectivity index (χ1n) is 10.5. The summed E-state index contributed by atoms with van der Waals surface area (Å²) in [5.74, 6) is -0.0563. The van der Waals surface area contributed by atoms with Gasteiger partial charge in [0.2, 0.25) is 0 Å². The van der Waals surface area contributed by atoms with Crippen LogP contribution in [0.15, 0.2) is 60.7 Å². The third kappa shape index (κ3) is 4.12. The second-order valence-corrected chi connectivity index (χ2v) is 8.29. The molecule has 4 nitrogen and oxygen atoms in total. The number of hydrogen-bond acceptors (Lipinski definition) is 2. The van der Waals surface area contributed by atoms with Gasteiger partial charge in [-0.05, 0) is 31.4 Å². The summed E-state index contributed by atoms with van der Waals surface area (Å²) in [6.07, 6.45) is 5.96. The molecule has 1 saturated carbocycles. The standard InChI is InChI=1S/C25H29N3O/c1-19-11-13-21(14-12-19)25(15-7-4-8-16-25)18-26-24(29)23-17-22(27-28(23)2)20-9-5-3-6-10-20/h3,5-6,9-14,17H,4,7-8,15-16,18H2,1-2H3,(H,26,29). The third-order valence-corrected chi connectivity index (χ3v) is 6.24. The minimum atomic E-state index is -0.0563. The number of rotatable bonds is 5. The molecule has 4 heteroatoms. The average Bonchev–Trinajstić information content (AvgIpc) is 3.15. The summed E-state index contributed by atoms with van der Waals surface area (Å²) in [6, 6.07) is 20.7. The summed E-state index contributed by atoms with van der Waals surface area (Å²) in [5, 5.41) is 7.77. The summed E-state index contributed by atoms with van der Waals surface area (Å²) in [6.45, 7) is 2.78. The predicted molar refractivity (Wildman–Crippen MR) is 117 cm³/mol. The summed E-state index contributed by atoms with van der Waals surface area (Å²) >= 11 is 0. The van der Waals surface area contributed by atoms with Crippen molar-refractivity contribution in [2.75, 3.05) is 6.54 Å². The molecule has 1 heterocycles. The molecule has 1 fully saturated rings. The highest BCUT2D eigenvalue weighted by molar-refractivity contribution is 5.93. The van der Waals surface area contributed by atoms with Crippen molar-refractivity contribution in [3.8, 4) is 11.3 Å². The Balaban J connectivity index is 1.53. The van der Waals surface area contributed by atoms with Gasteiger partial charge in [-0.1, -0.05) is 79.4 Å². The number of amides is 1. The summed E-state index contributed by atoms with van der Waals surface area (Å²) in [7, 11) is 1.83. The lowest BCUT2D eigenvalue weighted by atomic mass is 9.69. The van der Waals surface area contributed by atoms with E-state index in [0.29, 0.717) is 12.2 Å². The molecule has 1 aliphatic rings. The van der Waals surface area contributed by atoms with Crippen LogP contribution in [0, 0.1) is 6.92 Å². The van der Waals surface area contributed by atoms with Gasteiger partial charge in [-0.25, -0.2) is 0 Å². The van der Waals surface area contributed by atoms with Crippen LogP contribution in [0.4, 0.5) is 0 Å². The van der Waals surface area contributed by atoms with Gasteiger partial charge < -0.3 is 5.32 Å². The molecule has 0 spiro atoms. The molecule has 2 aromatic carbocycles. The first-order valence-corrected chi connectivity index (χ1v) is 10.5. The molecule has 29 heavy (non-hydrogen) atoms. The van der Waals surface area contributed by atoms with Crippen molar-refractivity contribution >= 4 is 5.91 Å². The first-order chi connectivity index (χ1) is 14.1. The lowest BCUT2D eigenvalue weighted by molar-refractivity contribution is 0.0927. The molecule has 0 bridgehead atoms. The van der Waals surface area contributed by atoms with E-state index in [0.717, 1.165) is 24.1 Å². The highest BCUT2D eigenvalue weighted by atomic mass is 16.2. The minimum Gasteiger partial charge on any atom is -0.350 e. The first kappa shape index (κ1) is 19.4. The highest BCUT2D eigenvalue weighted by Gasteiger charge is 2.34. The van der Waals surface area contributed by atoms with Crippen LogP contribution in [0.5, 0.6) is 0 Å². The minimum absolute atomic E-state index is 0.0302. The van der Waals surface area contributed by atoms with Crippen molar-refractivity contribution in [3.63, 3.8) is 0 Å². The zero-order valence-electron chi connectivity index (χ0n) is 17.3. The van der Waals surface area contributed by atoms with E-state index in [1.54, 1.807) is 4.68 Å². The smallest absolute Gasteiger partial charge is 0.269 e. The van der Waals surface area contributed by atoms with Crippen molar-refractivity contribution in [1.29, 1.82) is 0 Å². The molecule has 150 valence electrons. The fraction of sp³-hybridized carbons (Fsp3) is 0.360. The van der Waals surface area contributed by atoms with E-state index in [4.69, 9.17) is 0 Å². The zero-order valence-corrected chi connectivity index (χ0v) is 17.3. The van der Waals surface area contributed by atoms with Gasteiger partial charge in [0.15, 0.2) is 0 Å². The number of aromatic nitrogens is 2. The molecule has 0 aliphatic heterocycles. The van der Waals surface area contributed by atoms with Gasteiger partial charge in [0.25, 0.3) is 5.91 Å². The second kappa shape index (κ2) is 8.24. The molecule has 1 aromatic heterocycles. The van der Waals surface area contributed by atoms with Gasteiger partial charge in [-0.3, -0.25) is 9.48 Å². The quantitative estimate of drug-likeness (QED) is 0.668. The molecule has 0 saturated heterocycles. The summed E-state index contributed by atoms with van der Waals surface area (Å²) < 4.78 is 1.68. The number of hydrogen-bond donors (Lipinski definition) is 1. The van der Waals surface area contributed by atoms with Crippen LogP contribution in [0.2, 0.25) is 0 Å². The van der Waals surface area contributed by atoms with E-state index in [1.807, 2.05) is 43.4 Å². The Morgan fingerprint density at radius 2 is 1.72 bits per heavy atom. The maximum absolute atomic E-state index is 13.0. The largest absolute Gasteiger partial charge is 0.350 e. The molecule has 1 aliphatic carbocycles. The van der Waals surface area contributed by atoms with E-state index in [9.17, 15) is 4.79 Å². The van der Waals surface area contributed by atoms with Crippen LogP contribution in [0.25, 0.3) is 11.3 Å². The fourth-order valence-corrected chi connectivity index (χ4v) is 4.47. The number of benzene rings is 2. The summed E-state index contributed by atoms with van der Waals surface area (Å²) in [5.41, 5.74) is 5.08. The number of nitrogens with zero attached hydrogens (tertiary/aromatic N) is 2. The lowest BCUT2D eigenvalue weighted by Gasteiger charge is -2.38.